The van der Waals surface area contributed by atoms with Gasteiger partial charge in [-0.05, 0) is 104 Å². The van der Waals surface area contributed by atoms with Crippen molar-refractivity contribution in [2.24, 2.45) is 0 Å². The van der Waals surface area contributed by atoms with Crippen LogP contribution in [-0.4, -0.2) is 0 Å². The second-order valence-electron chi connectivity index (χ2n) is 14.6. The molecule has 0 N–H and O–H groups in total. The molecule has 0 fully saturated rings. The molecule has 0 nitrogen and oxygen atoms in total. The van der Waals surface area contributed by atoms with Crippen molar-refractivity contribution in [2.75, 3.05) is 0 Å². The predicted octanol–water partition coefficient (Wildman–Crippen LogP) is 21.6. The van der Waals surface area contributed by atoms with E-state index in [1.54, 1.807) is 0 Å². The van der Waals surface area contributed by atoms with E-state index in [2.05, 4.69) is 192 Å². The van der Waals surface area contributed by atoms with E-state index in [0.717, 1.165) is 25.7 Å². The minimum atomic E-state index is 1.09. The maximum Gasteiger partial charge on any atom is -0.0169 e. The summed E-state index contributed by atoms with van der Waals surface area (Å²) >= 11 is 0. The van der Waals surface area contributed by atoms with Crippen LogP contribution in [0.4, 0.5) is 0 Å². The minimum absolute atomic E-state index is 1.09. The summed E-state index contributed by atoms with van der Waals surface area (Å²) in [6.07, 6.45) is 61.5. The molecule has 0 bridgehead atoms. The summed E-state index contributed by atoms with van der Waals surface area (Å²) in [5, 5.41) is 0. The lowest BCUT2D eigenvalue weighted by Crippen LogP contribution is -1.81. The van der Waals surface area contributed by atoms with Crippen LogP contribution in [0.5, 0.6) is 0 Å². The van der Waals surface area contributed by atoms with Gasteiger partial charge in [-0.25, -0.2) is 0 Å². The molecule has 1 aromatic carbocycles. The number of rotatable bonds is 25. The van der Waals surface area contributed by atoms with Gasteiger partial charge in [-0.2, -0.15) is 0 Å². The topological polar surface area (TPSA) is 0 Å². The molecular weight excluding hydrogens is 697 g/mol. The number of allylic oxidation sites excluding steroid dienone is 14. The largest absolute Gasteiger partial charge is 0.0917 e. The van der Waals surface area contributed by atoms with E-state index in [-0.39, 0.29) is 0 Å². The molecule has 1 rings (SSSR count). The van der Waals surface area contributed by atoms with Crippen molar-refractivity contribution in [1.82, 2.24) is 0 Å². The van der Waals surface area contributed by atoms with Crippen LogP contribution in [0.15, 0.2) is 109 Å². The fraction of sp³-hybridized carbons (Fsp3) is 0.655. The van der Waals surface area contributed by atoms with Crippen LogP contribution in [0.3, 0.4) is 0 Å². The van der Waals surface area contributed by atoms with E-state index >= 15 is 0 Å². The molecule has 0 aliphatic rings. The number of hydrogen-bond donors (Lipinski definition) is 0. The molecule has 58 heavy (non-hydrogen) atoms. The van der Waals surface area contributed by atoms with Crippen molar-refractivity contribution in [3.63, 3.8) is 0 Å². The Morgan fingerprint density at radius 2 is 0.672 bits per heavy atom. The first-order chi connectivity index (χ1) is 28.3. The Morgan fingerprint density at radius 1 is 0.328 bits per heavy atom. The highest BCUT2D eigenvalue weighted by Crippen LogP contribution is 2.05. The van der Waals surface area contributed by atoms with Crippen molar-refractivity contribution in [3.05, 3.63) is 120 Å². The van der Waals surface area contributed by atoms with Gasteiger partial charge >= 0.3 is 0 Å². The molecule has 0 saturated heterocycles. The van der Waals surface area contributed by atoms with E-state index in [4.69, 9.17) is 0 Å². The molecule has 0 unspecified atom stereocenters. The Balaban J connectivity index is -0.000000136. The summed E-state index contributed by atoms with van der Waals surface area (Å²) in [5.41, 5.74) is 2.80. The van der Waals surface area contributed by atoms with Crippen LogP contribution >= 0.6 is 0 Å². The van der Waals surface area contributed by atoms with Gasteiger partial charge in [-0.15, -0.1) is 0 Å². The summed E-state index contributed by atoms with van der Waals surface area (Å²) in [4.78, 5) is 0. The van der Waals surface area contributed by atoms with Crippen LogP contribution in [0, 0.1) is 6.92 Å². The van der Waals surface area contributed by atoms with Gasteiger partial charge in [-0.1, -0.05) is 268 Å². The first kappa shape index (κ1) is 67.2. The Labute approximate surface area is 370 Å². The Kier molecular flexibility index (Phi) is 87.2. The van der Waals surface area contributed by atoms with Crippen LogP contribution < -0.4 is 0 Å². The second kappa shape index (κ2) is 75.3. The number of benzene rings is 1. The van der Waals surface area contributed by atoms with Crippen molar-refractivity contribution >= 4 is 0 Å². The Morgan fingerprint density at radius 3 is 1.00 bits per heavy atom. The molecule has 0 aliphatic heterocycles. The molecule has 0 aliphatic carbocycles. The van der Waals surface area contributed by atoms with Gasteiger partial charge in [0.25, 0.3) is 0 Å². The standard InChI is InChI=1S/C10H14.C8H18.3C8H16.2C8H14/c1-3-4-10-7-5-9(2)6-8-10;6*1-3-5-7-8-6-4-2/h5-8H,3-4H2,1-2H3;3-8H2,1-2H3;2*5,7H,3-4,6,8H2,1-2H3;3,5H,4,6-8H2,1-2H3;2*3,5-6,8H,4,7H2,1-2H3/b;;7-5+;7-5-;5-3+;5-3+,8-6+;5-3+,8-6-. The zero-order valence-corrected chi connectivity index (χ0v) is 42.4. The summed E-state index contributed by atoms with van der Waals surface area (Å²) in [6.45, 7) is 30.3. The zero-order valence-electron chi connectivity index (χ0n) is 42.4. The van der Waals surface area contributed by atoms with Crippen LogP contribution in [0.1, 0.15) is 249 Å². The van der Waals surface area contributed by atoms with Gasteiger partial charge in [0.2, 0.25) is 0 Å². The third-order valence-electron chi connectivity index (χ3n) is 8.40. The third-order valence-corrected chi connectivity index (χ3v) is 8.40. The maximum absolute atomic E-state index is 2.27. The van der Waals surface area contributed by atoms with E-state index in [9.17, 15) is 0 Å². The van der Waals surface area contributed by atoms with Gasteiger partial charge in [0.05, 0.1) is 0 Å². The Hall–Kier alpha value is -2.60. The monoisotopic (exact) mass is 805 g/mol. The van der Waals surface area contributed by atoms with Gasteiger partial charge in [0.1, 0.15) is 0 Å². The summed E-state index contributed by atoms with van der Waals surface area (Å²) in [7, 11) is 0. The van der Waals surface area contributed by atoms with E-state index in [1.165, 1.54) is 140 Å². The second-order valence-corrected chi connectivity index (χ2v) is 14.6. The summed E-state index contributed by atoms with van der Waals surface area (Å²) in [6, 6.07) is 8.76. The molecule has 0 saturated carbocycles. The fourth-order valence-electron chi connectivity index (χ4n) is 4.74. The molecule has 0 aromatic heterocycles. The molecular formula is C58H108. The predicted molar refractivity (Wildman–Crippen MR) is 279 cm³/mol. The highest BCUT2D eigenvalue weighted by Gasteiger charge is 1.88. The minimum Gasteiger partial charge on any atom is -0.0917 e. The smallest absolute Gasteiger partial charge is 0.0169 e. The first-order valence-electron chi connectivity index (χ1n) is 24.8. The van der Waals surface area contributed by atoms with E-state index in [1.807, 2.05) is 13.8 Å². The van der Waals surface area contributed by atoms with Gasteiger partial charge in [0.15, 0.2) is 0 Å². The molecule has 0 heteroatoms. The molecule has 0 radical (unpaired) electrons. The third kappa shape index (κ3) is 89.8. The lowest BCUT2D eigenvalue weighted by molar-refractivity contribution is 0.624. The normalized spacial score (nSPS) is 10.7. The van der Waals surface area contributed by atoms with E-state index in [0.29, 0.717) is 0 Å². The quantitative estimate of drug-likeness (QED) is 0.0682. The molecule has 0 spiro atoms. The van der Waals surface area contributed by atoms with Crippen LogP contribution in [0.2, 0.25) is 0 Å². The van der Waals surface area contributed by atoms with Crippen LogP contribution in [-0.2, 0) is 6.42 Å². The Bertz CT molecular complexity index is 914. The SMILES string of the molecule is C/C=C/C/C=C/CC.C/C=C/C/C=C\CC.C/C=C/CCCCC.CC/C=C/CCCC.CC/C=C\CCCC.CCCCCCCC.CCCc1ccc(C)cc1. The fourth-order valence-corrected chi connectivity index (χ4v) is 4.74. The van der Waals surface area contributed by atoms with Crippen molar-refractivity contribution < 1.29 is 0 Å². The van der Waals surface area contributed by atoms with Gasteiger partial charge in [0, 0.05) is 0 Å². The van der Waals surface area contributed by atoms with Gasteiger partial charge < -0.3 is 0 Å². The number of aryl methyl sites for hydroxylation is 2. The molecule has 0 amide bonds. The average molecular weight is 806 g/mol. The number of hydrogen-bond acceptors (Lipinski definition) is 0. The maximum atomic E-state index is 2.27. The lowest BCUT2D eigenvalue weighted by atomic mass is 10.1. The molecule has 0 atom stereocenters. The van der Waals surface area contributed by atoms with Crippen molar-refractivity contribution in [3.8, 4) is 0 Å². The molecule has 0 heterocycles. The highest BCUT2D eigenvalue weighted by atomic mass is 13.9. The summed E-state index contributed by atoms with van der Waals surface area (Å²) in [5.74, 6) is 0. The van der Waals surface area contributed by atoms with Crippen molar-refractivity contribution in [2.45, 2.75) is 251 Å². The lowest BCUT2D eigenvalue weighted by Gasteiger charge is -1.97. The zero-order chi connectivity index (χ0) is 44.9. The average Bonchev–Trinajstić information content (AvgIpc) is 3.24. The van der Waals surface area contributed by atoms with Crippen LogP contribution in [0.25, 0.3) is 0 Å². The highest BCUT2D eigenvalue weighted by molar-refractivity contribution is 5.21. The molecule has 1 aromatic rings. The van der Waals surface area contributed by atoms with E-state index < -0.39 is 0 Å². The van der Waals surface area contributed by atoms with Crippen molar-refractivity contribution in [1.29, 1.82) is 0 Å². The first-order valence-corrected chi connectivity index (χ1v) is 24.8. The van der Waals surface area contributed by atoms with Gasteiger partial charge in [-0.3, -0.25) is 0 Å². The number of unbranched alkanes of at least 4 members (excludes halogenated alkanes) is 12. The molecule has 340 valence electrons. The summed E-state index contributed by atoms with van der Waals surface area (Å²) < 4.78 is 0.